The molecule has 3 rings (SSSR count). The van der Waals surface area contributed by atoms with Gasteiger partial charge in [-0.2, -0.15) is 0 Å². The van der Waals surface area contributed by atoms with Crippen LogP contribution in [0.3, 0.4) is 0 Å². The molecule has 0 aliphatic carbocycles. The van der Waals surface area contributed by atoms with E-state index < -0.39 is 12.0 Å². The molecule has 1 aliphatic heterocycles. The maximum atomic E-state index is 13.4. The summed E-state index contributed by atoms with van der Waals surface area (Å²) in [5, 5.41) is 3.01. The number of hydrogen-bond acceptors (Lipinski definition) is 7. The summed E-state index contributed by atoms with van der Waals surface area (Å²) in [6.07, 6.45) is 1.38. The molecule has 9 nitrogen and oxygen atoms in total. The third-order valence-corrected chi connectivity index (χ3v) is 6.14. The van der Waals surface area contributed by atoms with E-state index in [-0.39, 0.29) is 18.2 Å². The molecule has 9 heteroatoms. The Morgan fingerprint density at radius 1 is 0.971 bits per heavy atom. The second kappa shape index (κ2) is 12.3. The van der Waals surface area contributed by atoms with E-state index in [1.807, 2.05) is 24.3 Å². The molecule has 2 amide bonds. The molecule has 35 heavy (non-hydrogen) atoms. The molecule has 0 aromatic heterocycles. The minimum atomic E-state index is -0.535. The molecular weight excluding hydrogens is 452 g/mol. The molecular formula is C26H34N2O7. The van der Waals surface area contributed by atoms with Crippen LogP contribution in [0.2, 0.25) is 0 Å². The highest BCUT2D eigenvalue weighted by atomic mass is 16.5. The lowest BCUT2D eigenvalue weighted by molar-refractivity contribution is -0.129. The van der Waals surface area contributed by atoms with E-state index in [0.717, 1.165) is 5.56 Å². The second-order valence-corrected chi connectivity index (χ2v) is 8.15. The molecule has 0 unspecified atom stereocenters. The third-order valence-electron chi connectivity index (χ3n) is 6.14. The zero-order chi connectivity index (χ0) is 25.4. The molecule has 0 bridgehead atoms. The van der Waals surface area contributed by atoms with E-state index in [9.17, 15) is 9.59 Å². The van der Waals surface area contributed by atoms with Gasteiger partial charge in [0.15, 0.2) is 11.5 Å². The van der Waals surface area contributed by atoms with Crippen molar-refractivity contribution in [2.75, 3.05) is 53.6 Å². The molecule has 0 spiro atoms. The van der Waals surface area contributed by atoms with Crippen LogP contribution in [0, 0.1) is 5.92 Å². The average Bonchev–Trinajstić information content (AvgIpc) is 2.89. The number of nitrogens with zero attached hydrogens (tertiary/aromatic N) is 1. The Hall–Kier alpha value is -3.46. The van der Waals surface area contributed by atoms with Gasteiger partial charge in [0.1, 0.15) is 5.75 Å². The Morgan fingerprint density at radius 2 is 1.63 bits per heavy atom. The molecule has 0 radical (unpaired) electrons. The van der Waals surface area contributed by atoms with E-state index in [2.05, 4.69) is 5.32 Å². The van der Waals surface area contributed by atoms with Gasteiger partial charge in [0.05, 0.1) is 46.1 Å². The molecule has 0 saturated carbocycles. The highest BCUT2D eigenvalue weighted by Gasteiger charge is 2.42. The summed E-state index contributed by atoms with van der Waals surface area (Å²) in [7, 11) is 7.80. The Kier molecular flexibility index (Phi) is 9.19. The molecule has 1 heterocycles. The van der Waals surface area contributed by atoms with Gasteiger partial charge in [0, 0.05) is 38.8 Å². The third kappa shape index (κ3) is 5.79. The van der Waals surface area contributed by atoms with Gasteiger partial charge >= 0.3 is 0 Å². The number of nitrogens with one attached hydrogen (secondary N) is 1. The number of anilines is 1. The van der Waals surface area contributed by atoms with E-state index in [1.165, 1.54) is 21.3 Å². The molecule has 2 aromatic rings. The molecule has 2 aromatic carbocycles. The topological polar surface area (TPSA) is 95.6 Å². The quantitative estimate of drug-likeness (QED) is 0.487. The second-order valence-electron chi connectivity index (χ2n) is 8.15. The van der Waals surface area contributed by atoms with Crippen LogP contribution in [0.15, 0.2) is 36.4 Å². The number of carbonyl (C=O) groups is 2. The largest absolute Gasteiger partial charge is 0.497 e. The van der Waals surface area contributed by atoms with Crippen molar-refractivity contribution in [1.82, 2.24) is 5.32 Å². The first-order valence-corrected chi connectivity index (χ1v) is 11.5. The summed E-state index contributed by atoms with van der Waals surface area (Å²) in [6, 6.07) is 10.4. The van der Waals surface area contributed by atoms with Gasteiger partial charge in [0.2, 0.25) is 17.6 Å². The summed E-state index contributed by atoms with van der Waals surface area (Å²) in [4.78, 5) is 28.3. The number of carbonyl (C=O) groups excluding carboxylic acids is 2. The highest BCUT2D eigenvalue weighted by Crippen LogP contribution is 2.46. The number of piperidine rings is 1. The lowest BCUT2D eigenvalue weighted by Gasteiger charge is -2.41. The van der Waals surface area contributed by atoms with Crippen LogP contribution in [0.5, 0.6) is 23.0 Å². The monoisotopic (exact) mass is 486 g/mol. The molecule has 2 atom stereocenters. The summed E-state index contributed by atoms with van der Waals surface area (Å²) in [6.45, 7) is 1.06. The van der Waals surface area contributed by atoms with Gasteiger partial charge in [-0.15, -0.1) is 0 Å². The molecule has 1 N–H and O–H groups in total. The number of methoxy groups -OCH3 is 5. The Balaban J connectivity index is 2.07. The van der Waals surface area contributed by atoms with Crippen LogP contribution in [0.1, 0.15) is 30.9 Å². The smallest absolute Gasteiger partial charge is 0.227 e. The minimum absolute atomic E-state index is 0.0940. The van der Waals surface area contributed by atoms with Crippen molar-refractivity contribution < 1.29 is 33.3 Å². The fraction of sp³-hybridized carbons (Fsp3) is 0.462. The van der Waals surface area contributed by atoms with Crippen molar-refractivity contribution in [3.05, 3.63) is 42.0 Å². The SMILES string of the molecule is COCCCNC(=O)[C@@H]1CCC(=O)N(c2cc(OC)c(OC)c(OC)c2)[C@@H]1c1ccc(OC)cc1. The number of rotatable bonds is 11. The van der Waals surface area contributed by atoms with Crippen molar-refractivity contribution in [2.24, 2.45) is 5.92 Å². The van der Waals surface area contributed by atoms with Gasteiger partial charge < -0.3 is 33.9 Å². The fourth-order valence-electron chi connectivity index (χ4n) is 4.42. The van der Waals surface area contributed by atoms with E-state index >= 15 is 0 Å². The van der Waals surface area contributed by atoms with Crippen LogP contribution >= 0.6 is 0 Å². The van der Waals surface area contributed by atoms with Gasteiger partial charge in [-0.3, -0.25) is 9.59 Å². The van der Waals surface area contributed by atoms with Crippen LogP contribution in [0.25, 0.3) is 0 Å². The summed E-state index contributed by atoms with van der Waals surface area (Å²) in [5.74, 6) is 1.31. The number of amides is 2. The number of hydrogen-bond donors (Lipinski definition) is 1. The van der Waals surface area contributed by atoms with Crippen molar-refractivity contribution in [1.29, 1.82) is 0 Å². The molecule has 1 saturated heterocycles. The Morgan fingerprint density at radius 3 is 2.17 bits per heavy atom. The first kappa shape index (κ1) is 26.2. The minimum Gasteiger partial charge on any atom is -0.497 e. The molecule has 190 valence electrons. The maximum absolute atomic E-state index is 13.4. The van der Waals surface area contributed by atoms with Crippen molar-refractivity contribution in [2.45, 2.75) is 25.3 Å². The highest BCUT2D eigenvalue weighted by molar-refractivity contribution is 5.98. The Bertz CT molecular complexity index is 984. The summed E-state index contributed by atoms with van der Waals surface area (Å²) >= 11 is 0. The normalized spacial score (nSPS) is 17.6. The predicted molar refractivity (Wildman–Crippen MR) is 132 cm³/mol. The molecule has 1 fully saturated rings. The lowest BCUT2D eigenvalue weighted by atomic mass is 9.83. The van der Waals surface area contributed by atoms with Crippen LogP contribution in [0.4, 0.5) is 5.69 Å². The molecule has 1 aliphatic rings. The van der Waals surface area contributed by atoms with Crippen LogP contribution < -0.4 is 29.2 Å². The Labute approximate surface area is 206 Å². The van der Waals surface area contributed by atoms with Crippen molar-refractivity contribution in [3.63, 3.8) is 0 Å². The summed E-state index contributed by atoms with van der Waals surface area (Å²) in [5.41, 5.74) is 1.38. The van der Waals surface area contributed by atoms with Gasteiger partial charge in [-0.25, -0.2) is 0 Å². The van der Waals surface area contributed by atoms with E-state index in [1.54, 1.807) is 31.3 Å². The standard InChI is InChI=1S/C26H34N2O7/c1-31-14-6-13-27-26(30)20-11-12-23(29)28(24(20)17-7-9-19(32-2)10-8-17)18-15-21(33-3)25(35-5)22(16-18)34-4/h7-10,15-16,20,24H,6,11-14H2,1-5H3,(H,27,30)/t20-,24-/m1/s1. The van der Waals surface area contributed by atoms with E-state index in [0.29, 0.717) is 54.7 Å². The van der Waals surface area contributed by atoms with E-state index in [4.69, 9.17) is 23.7 Å². The summed E-state index contributed by atoms with van der Waals surface area (Å²) < 4.78 is 26.9. The van der Waals surface area contributed by atoms with Crippen molar-refractivity contribution in [3.8, 4) is 23.0 Å². The maximum Gasteiger partial charge on any atom is 0.227 e. The first-order chi connectivity index (χ1) is 17.0. The zero-order valence-electron chi connectivity index (χ0n) is 21.0. The van der Waals surface area contributed by atoms with Gasteiger partial charge in [0.25, 0.3) is 0 Å². The number of benzene rings is 2. The number of ether oxygens (including phenoxy) is 5. The lowest BCUT2D eigenvalue weighted by Crippen LogP contribution is -2.48. The zero-order valence-corrected chi connectivity index (χ0v) is 21.0. The van der Waals surface area contributed by atoms with Crippen LogP contribution in [-0.2, 0) is 14.3 Å². The fourth-order valence-corrected chi connectivity index (χ4v) is 4.42. The van der Waals surface area contributed by atoms with Gasteiger partial charge in [-0.1, -0.05) is 12.1 Å². The predicted octanol–water partition coefficient (Wildman–Crippen LogP) is 3.36. The van der Waals surface area contributed by atoms with Crippen LogP contribution in [-0.4, -0.2) is 60.5 Å². The van der Waals surface area contributed by atoms with Gasteiger partial charge in [-0.05, 0) is 30.5 Å². The first-order valence-electron chi connectivity index (χ1n) is 11.5. The van der Waals surface area contributed by atoms with Crippen molar-refractivity contribution >= 4 is 17.5 Å². The average molecular weight is 487 g/mol.